The lowest BCUT2D eigenvalue weighted by Crippen LogP contribution is -1.96. The minimum absolute atomic E-state index is 0.256. The zero-order valence-electron chi connectivity index (χ0n) is 11.4. The molecule has 0 aliphatic heterocycles. The second-order valence-electron chi connectivity index (χ2n) is 5.02. The second-order valence-corrected chi connectivity index (χ2v) is 5.43. The van der Waals surface area contributed by atoms with E-state index in [2.05, 4.69) is 42.8 Å². The van der Waals surface area contributed by atoms with Gasteiger partial charge in [0.15, 0.2) is 0 Å². The first kappa shape index (κ1) is 13.0. The number of fused-ring (bicyclic) bond motifs is 1. The standard InChI is InChI=1S/C18H16ClN/c1-12(14-7-4-3-5-8-14)13(2)15-11-20-17-10-6-9-16(19)18(15)17/h3-12,20H,2H2,1H3. The Morgan fingerprint density at radius 1 is 1.10 bits per heavy atom. The van der Waals surface area contributed by atoms with Gasteiger partial charge < -0.3 is 4.98 Å². The van der Waals surface area contributed by atoms with Gasteiger partial charge in [-0.2, -0.15) is 0 Å². The average molecular weight is 282 g/mol. The molecule has 0 aliphatic rings. The summed E-state index contributed by atoms with van der Waals surface area (Å²) in [6.45, 7) is 6.46. The van der Waals surface area contributed by atoms with E-state index in [-0.39, 0.29) is 5.92 Å². The lowest BCUT2D eigenvalue weighted by Gasteiger charge is -2.15. The van der Waals surface area contributed by atoms with Crippen molar-refractivity contribution in [2.75, 3.05) is 0 Å². The number of H-pyrrole nitrogens is 1. The Morgan fingerprint density at radius 2 is 1.85 bits per heavy atom. The molecule has 1 N–H and O–H groups in total. The van der Waals surface area contributed by atoms with Crippen LogP contribution in [0.25, 0.3) is 16.5 Å². The maximum atomic E-state index is 6.34. The summed E-state index contributed by atoms with van der Waals surface area (Å²) in [5.74, 6) is 0.256. The summed E-state index contributed by atoms with van der Waals surface area (Å²) in [4.78, 5) is 3.27. The van der Waals surface area contributed by atoms with Crippen LogP contribution in [0.2, 0.25) is 5.02 Å². The van der Waals surface area contributed by atoms with Gasteiger partial charge in [-0.3, -0.25) is 0 Å². The SMILES string of the molecule is C=C(c1c[nH]c2cccc(Cl)c12)C(C)c1ccccc1. The molecule has 0 fully saturated rings. The van der Waals surface area contributed by atoms with Gasteiger partial charge >= 0.3 is 0 Å². The van der Waals surface area contributed by atoms with Gasteiger partial charge in [-0.15, -0.1) is 0 Å². The highest BCUT2D eigenvalue weighted by Gasteiger charge is 2.16. The first-order valence-electron chi connectivity index (χ1n) is 6.68. The third-order valence-electron chi connectivity index (χ3n) is 3.82. The van der Waals surface area contributed by atoms with Gasteiger partial charge in [-0.1, -0.05) is 61.5 Å². The molecule has 3 aromatic rings. The molecule has 20 heavy (non-hydrogen) atoms. The van der Waals surface area contributed by atoms with E-state index < -0.39 is 0 Å². The van der Waals surface area contributed by atoms with Crippen molar-refractivity contribution in [3.05, 3.63) is 77.5 Å². The van der Waals surface area contributed by atoms with Crippen LogP contribution in [-0.4, -0.2) is 4.98 Å². The molecule has 0 aliphatic carbocycles. The van der Waals surface area contributed by atoms with Gasteiger partial charge in [0.25, 0.3) is 0 Å². The van der Waals surface area contributed by atoms with E-state index in [0.717, 1.165) is 27.1 Å². The molecule has 2 heteroatoms. The summed E-state index contributed by atoms with van der Waals surface area (Å²) in [6, 6.07) is 16.3. The largest absolute Gasteiger partial charge is 0.361 e. The fraction of sp³-hybridized carbons (Fsp3) is 0.111. The molecule has 100 valence electrons. The minimum Gasteiger partial charge on any atom is -0.361 e. The zero-order chi connectivity index (χ0) is 14.1. The number of rotatable bonds is 3. The molecule has 0 bridgehead atoms. The van der Waals surface area contributed by atoms with Crippen LogP contribution in [0.15, 0.2) is 61.3 Å². The van der Waals surface area contributed by atoms with E-state index in [4.69, 9.17) is 11.6 Å². The molecule has 3 rings (SSSR count). The first-order chi connectivity index (χ1) is 9.68. The smallest absolute Gasteiger partial charge is 0.0505 e. The van der Waals surface area contributed by atoms with Gasteiger partial charge in [0.05, 0.1) is 5.02 Å². The van der Waals surface area contributed by atoms with Crippen LogP contribution < -0.4 is 0 Å². The summed E-state index contributed by atoms with van der Waals surface area (Å²) in [5.41, 5.74) is 4.49. The summed E-state index contributed by atoms with van der Waals surface area (Å²) in [6.07, 6.45) is 2.00. The molecular formula is C18H16ClN. The van der Waals surface area contributed by atoms with Gasteiger partial charge in [0.1, 0.15) is 0 Å². The zero-order valence-corrected chi connectivity index (χ0v) is 12.1. The van der Waals surface area contributed by atoms with Crippen molar-refractivity contribution in [1.29, 1.82) is 0 Å². The van der Waals surface area contributed by atoms with Crippen molar-refractivity contribution in [2.45, 2.75) is 12.8 Å². The lowest BCUT2D eigenvalue weighted by atomic mass is 9.89. The van der Waals surface area contributed by atoms with Gasteiger partial charge in [-0.25, -0.2) is 0 Å². The van der Waals surface area contributed by atoms with E-state index in [1.807, 2.05) is 30.5 Å². The van der Waals surface area contributed by atoms with Crippen molar-refractivity contribution >= 4 is 28.1 Å². The van der Waals surface area contributed by atoms with Crippen molar-refractivity contribution in [2.24, 2.45) is 0 Å². The third-order valence-corrected chi connectivity index (χ3v) is 4.14. The Bertz CT molecular complexity index is 755. The molecular weight excluding hydrogens is 266 g/mol. The first-order valence-corrected chi connectivity index (χ1v) is 7.06. The van der Waals surface area contributed by atoms with E-state index >= 15 is 0 Å². The van der Waals surface area contributed by atoms with Crippen molar-refractivity contribution in [1.82, 2.24) is 4.98 Å². The Hall–Kier alpha value is -1.99. The molecule has 0 saturated carbocycles. The number of hydrogen-bond donors (Lipinski definition) is 1. The fourth-order valence-electron chi connectivity index (χ4n) is 2.57. The minimum atomic E-state index is 0.256. The normalized spacial score (nSPS) is 12.5. The number of hydrogen-bond acceptors (Lipinski definition) is 0. The maximum Gasteiger partial charge on any atom is 0.0505 e. The highest BCUT2D eigenvalue weighted by molar-refractivity contribution is 6.36. The van der Waals surface area contributed by atoms with E-state index in [1.165, 1.54) is 5.56 Å². The molecule has 1 heterocycles. The molecule has 0 amide bonds. The van der Waals surface area contributed by atoms with Gasteiger partial charge in [0.2, 0.25) is 0 Å². The predicted molar refractivity (Wildman–Crippen MR) is 87.2 cm³/mol. The Morgan fingerprint density at radius 3 is 2.60 bits per heavy atom. The van der Waals surface area contributed by atoms with Crippen molar-refractivity contribution in [3.63, 3.8) is 0 Å². The van der Waals surface area contributed by atoms with E-state index in [9.17, 15) is 0 Å². The summed E-state index contributed by atoms with van der Waals surface area (Å²) in [5, 5.41) is 1.82. The number of benzene rings is 2. The topological polar surface area (TPSA) is 15.8 Å². The Kier molecular flexibility index (Phi) is 3.37. The molecule has 2 aromatic carbocycles. The van der Waals surface area contributed by atoms with Crippen LogP contribution in [-0.2, 0) is 0 Å². The van der Waals surface area contributed by atoms with Crippen LogP contribution >= 0.6 is 11.6 Å². The quantitative estimate of drug-likeness (QED) is 0.639. The summed E-state index contributed by atoms with van der Waals surface area (Å²) in [7, 11) is 0. The second kappa shape index (κ2) is 5.18. The fourth-order valence-corrected chi connectivity index (χ4v) is 2.85. The van der Waals surface area contributed by atoms with E-state index in [0.29, 0.717) is 0 Å². The molecule has 1 atom stereocenters. The van der Waals surface area contributed by atoms with Crippen molar-refractivity contribution in [3.8, 4) is 0 Å². The Balaban J connectivity index is 2.05. The number of nitrogens with one attached hydrogen (secondary N) is 1. The molecule has 1 nitrogen and oxygen atoms in total. The number of allylic oxidation sites excluding steroid dienone is 1. The number of aromatic nitrogens is 1. The molecule has 1 aromatic heterocycles. The van der Waals surface area contributed by atoms with Crippen LogP contribution in [0.1, 0.15) is 24.0 Å². The maximum absolute atomic E-state index is 6.34. The predicted octanol–water partition coefficient (Wildman–Crippen LogP) is 5.64. The highest BCUT2D eigenvalue weighted by atomic mass is 35.5. The van der Waals surface area contributed by atoms with Crippen LogP contribution in [0.4, 0.5) is 0 Å². The highest BCUT2D eigenvalue weighted by Crippen LogP contribution is 2.36. The monoisotopic (exact) mass is 281 g/mol. The summed E-state index contributed by atoms with van der Waals surface area (Å²) >= 11 is 6.34. The van der Waals surface area contributed by atoms with E-state index in [1.54, 1.807) is 0 Å². The molecule has 1 unspecified atom stereocenters. The van der Waals surface area contributed by atoms with Crippen molar-refractivity contribution < 1.29 is 0 Å². The number of aromatic amines is 1. The Labute approximate surface area is 123 Å². The average Bonchev–Trinajstić information content (AvgIpc) is 2.92. The lowest BCUT2D eigenvalue weighted by molar-refractivity contribution is 0.994. The van der Waals surface area contributed by atoms with Gasteiger partial charge in [-0.05, 0) is 23.3 Å². The van der Waals surface area contributed by atoms with Crippen LogP contribution in [0.5, 0.6) is 0 Å². The molecule has 0 spiro atoms. The molecule has 0 saturated heterocycles. The number of halogens is 1. The third kappa shape index (κ3) is 2.14. The molecule has 0 radical (unpaired) electrons. The van der Waals surface area contributed by atoms with Crippen LogP contribution in [0, 0.1) is 0 Å². The van der Waals surface area contributed by atoms with Crippen LogP contribution in [0.3, 0.4) is 0 Å². The van der Waals surface area contributed by atoms with Gasteiger partial charge in [0, 0.05) is 28.6 Å². The summed E-state index contributed by atoms with van der Waals surface area (Å²) < 4.78 is 0.